The maximum absolute atomic E-state index is 4.57. The molecule has 0 aliphatic heterocycles. The van der Waals surface area contributed by atoms with E-state index >= 15 is 0 Å². The lowest BCUT2D eigenvalue weighted by atomic mass is 9.94. The van der Waals surface area contributed by atoms with Crippen LogP contribution in [0.25, 0.3) is 0 Å². The quantitative estimate of drug-likeness (QED) is 0.867. The van der Waals surface area contributed by atoms with Gasteiger partial charge in [0, 0.05) is 25.3 Å². The van der Waals surface area contributed by atoms with Gasteiger partial charge in [-0.2, -0.15) is 0 Å². The lowest BCUT2D eigenvalue weighted by Gasteiger charge is -2.34. The summed E-state index contributed by atoms with van der Waals surface area (Å²) in [6, 6.07) is 5.02. The van der Waals surface area contributed by atoms with Crippen LogP contribution in [0, 0.1) is 0 Å². The number of hydrogen-bond acceptors (Lipinski definition) is 3. The fraction of sp³-hybridized carbons (Fsp3) is 0.667. The average molecular weight is 247 g/mol. The largest absolute Gasteiger partial charge is 0.354 e. The van der Waals surface area contributed by atoms with Crippen LogP contribution in [0.4, 0.5) is 5.82 Å². The minimum absolute atomic E-state index is 0.695. The SMILES string of the molecule is CCN(c1cc(CNC)ccn1)C1CCCCC1. The summed E-state index contributed by atoms with van der Waals surface area (Å²) < 4.78 is 0. The van der Waals surface area contributed by atoms with Crippen molar-refractivity contribution >= 4 is 5.82 Å². The highest BCUT2D eigenvalue weighted by Gasteiger charge is 2.20. The summed E-state index contributed by atoms with van der Waals surface area (Å²) in [5.41, 5.74) is 1.32. The van der Waals surface area contributed by atoms with Gasteiger partial charge in [-0.3, -0.25) is 0 Å². The molecule has 3 nitrogen and oxygen atoms in total. The average Bonchev–Trinajstić information content (AvgIpc) is 2.42. The Morgan fingerprint density at radius 1 is 1.33 bits per heavy atom. The molecule has 0 atom stereocenters. The second kappa shape index (κ2) is 6.74. The Labute approximate surface area is 111 Å². The van der Waals surface area contributed by atoms with Crippen molar-refractivity contribution in [3.63, 3.8) is 0 Å². The number of nitrogens with one attached hydrogen (secondary N) is 1. The van der Waals surface area contributed by atoms with Crippen molar-refractivity contribution < 1.29 is 0 Å². The Bertz CT molecular complexity index is 359. The zero-order valence-electron chi connectivity index (χ0n) is 11.7. The Hall–Kier alpha value is -1.09. The van der Waals surface area contributed by atoms with Gasteiger partial charge in [0.05, 0.1) is 0 Å². The van der Waals surface area contributed by atoms with E-state index in [0.29, 0.717) is 6.04 Å². The fourth-order valence-electron chi connectivity index (χ4n) is 2.93. The van der Waals surface area contributed by atoms with E-state index < -0.39 is 0 Å². The topological polar surface area (TPSA) is 28.2 Å². The summed E-state index contributed by atoms with van der Waals surface area (Å²) in [4.78, 5) is 7.05. The molecule has 0 bridgehead atoms. The molecule has 18 heavy (non-hydrogen) atoms. The molecule has 1 N–H and O–H groups in total. The molecular formula is C15H25N3. The van der Waals surface area contributed by atoms with Gasteiger partial charge in [0.1, 0.15) is 5.82 Å². The van der Waals surface area contributed by atoms with E-state index in [2.05, 4.69) is 34.3 Å². The standard InChI is InChI=1S/C15H25N3/c1-3-18(14-7-5-4-6-8-14)15-11-13(12-16-2)9-10-17-15/h9-11,14,16H,3-8,12H2,1-2H3. The molecule has 1 heterocycles. The van der Waals surface area contributed by atoms with E-state index in [9.17, 15) is 0 Å². The molecular weight excluding hydrogens is 222 g/mol. The number of pyridine rings is 1. The van der Waals surface area contributed by atoms with Gasteiger partial charge in [0.2, 0.25) is 0 Å². The van der Waals surface area contributed by atoms with E-state index in [1.165, 1.54) is 37.7 Å². The molecule has 0 unspecified atom stereocenters. The monoisotopic (exact) mass is 247 g/mol. The third-order valence-corrected chi connectivity index (χ3v) is 3.84. The second-order valence-corrected chi connectivity index (χ2v) is 5.13. The Morgan fingerprint density at radius 2 is 2.11 bits per heavy atom. The summed E-state index contributed by atoms with van der Waals surface area (Å²) in [5.74, 6) is 1.15. The number of rotatable bonds is 5. The Balaban J connectivity index is 2.12. The molecule has 3 heteroatoms. The van der Waals surface area contributed by atoms with Crippen LogP contribution < -0.4 is 10.2 Å². The number of aromatic nitrogens is 1. The van der Waals surface area contributed by atoms with Gasteiger partial charge in [-0.15, -0.1) is 0 Å². The molecule has 0 saturated heterocycles. The summed E-state index contributed by atoms with van der Waals surface area (Å²) >= 11 is 0. The lowest BCUT2D eigenvalue weighted by Crippen LogP contribution is -2.37. The van der Waals surface area contributed by atoms with E-state index in [1.54, 1.807) is 0 Å². The highest BCUT2D eigenvalue weighted by molar-refractivity contribution is 5.42. The van der Waals surface area contributed by atoms with Crippen molar-refractivity contribution in [2.45, 2.75) is 51.6 Å². The maximum atomic E-state index is 4.57. The van der Waals surface area contributed by atoms with Gasteiger partial charge in [-0.05, 0) is 44.5 Å². The number of nitrogens with zero attached hydrogens (tertiary/aromatic N) is 2. The maximum Gasteiger partial charge on any atom is 0.129 e. The normalized spacial score (nSPS) is 16.8. The van der Waals surface area contributed by atoms with Crippen molar-refractivity contribution in [3.8, 4) is 0 Å². The summed E-state index contributed by atoms with van der Waals surface area (Å²) in [6.07, 6.45) is 8.74. The molecule has 1 fully saturated rings. The molecule has 2 rings (SSSR count). The molecule has 1 saturated carbocycles. The third-order valence-electron chi connectivity index (χ3n) is 3.84. The highest BCUT2D eigenvalue weighted by Crippen LogP contribution is 2.26. The summed E-state index contributed by atoms with van der Waals surface area (Å²) in [7, 11) is 1.98. The van der Waals surface area contributed by atoms with Crippen LogP contribution in [-0.4, -0.2) is 24.6 Å². The Morgan fingerprint density at radius 3 is 2.78 bits per heavy atom. The molecule has 0 amide bonds. The highest BCUT2D eigenvalue weighted by atomic mass is 15.2. The van der Waals surface area contributed by atoms with Gasteiger partial charge in [-0.1, -0.05) is 19.3 Å². The zero-order valence-corrected chi connectivity index (χ0v) is 11.7. The summed E-state index contributed by atoms with van der Waals surface area (Å²) in [6.45, 7) is 4.21. The second-order valence-electron chi connectivity index (χ2n) is 5.13. The van der Waals surface area contributed by atoms with Crippen LogP contribution in [0.1, 0.15) is 44.6 Å². The molecule has 1 aliphatic rings. The minimum Gasteiger partial charge on any atom is -0.354 e. The first-order chi connectivity index (χ1) is 8.85. The van der Waals surface area contributed by atoms with Crippen LogP contribution in [-0.2, 0) is 6.54 Å². The van der Waals surface area contributed by atoms with Crippen LogP contribution in [0.15, 0.2) is 18.3 Å². The first kappa shape index (κ1) is 13.3. The van der Waals surface area contributed by atoms with E-state index in [0.717, 1.165) is 18.9 Å². The van der Waals surface area contributed by atoms with Crippen molar-refractivity contribution in [3.05, 3.63) is 23.9 Å². The van der Waals surface area contributed by atoms with Gasteiger partial charge < -0.3 is 10.2 Å². The molecule has 0 spiro atoms. The molecule has 0 radical (unpaired) electrons. The molecule has 1 aromatic rings. The lowest BCUT2D eigenvalue weighted by molar-refractivity contribution is 0.416. The van der Waals surface area contributed by atoms with Crippen molar-refractivity contribution in [1.29, 1.82) is 0 Å². The molecule has 0 aromatic carbocycles. The number of hydrogen-bond donors (Lipinski definition) is 1. The first-order valence-corrected chi connectivity index (χ1v) is 7.21. The summed E-state index contributed by atoms with van der Waals surface area (Å²) in [5, 5.41) is 3.20. The number of anilines is 1. The predicted molar refractivity (Wildman–Crippen MR) is 76.9 cm³/mol. The van der Waals surface area contributed by atoms with Crippen molar-refractivity contribution in [2.24, 2.45) is 0 Å². The fourth-order valence-corrected chi connectivity index (χ4v) is 2.93. The molecule has 1 aliphatic carbocycles. The van der Waals surface area contributed by atoms with E-state index in [-0.39, 0.29) is 0 Å². The molecule has 1 aromatic heterocycles. The van der Waals surface area contributed by atoms with Crippen LogP contribution >= 0.6 is 0 Å². The van der Waals surface area contributed by atoms with Crippen LogP contribution in [0.5, 0.6) is 0 Å². The first-order valence-electron chi connectivity index (χ1n) is 7.21. The van der Waals surface area contributed by atoms with Gasteiger partial charge in [-0.25, -0.2) is 4.98 Å². The van der Waals surface area contributed by atoms with Gasteiger partial charge in [0.25, 0.3) is 0 Å². The van der Waals surface area contributed by atoms with Gasteiger partial charge in [0.15, 0.2) is 0 Å². The molecule has 100 valence electrons. The third kappa shape index (κ3) is 3.22. The van der Waals surface area contributed by atoms with Gasteiger partial charge >= 0.3 is 0 Å². The Kier molecular flexibility index (Phi) is 5.00. The van der Waals surface area contributed by atoms with Crippen molar-refractivity contribution in [2.75, 3.05) is 18.5 Å². The van der Waals surface area contributed by atoms with E-state index in [1.807, 2.05) is 13.2 Å². The van der Waals surface area contributed by atoms with E-state index in [4.69, 9.17) is 0 Å². The van der Waals surface area contributed by atoms with Crippen molar-refractivity contribution in [1.82, 2.24) is 10.3 Å². The smallest absolute Gasteiger partial charge is 0.129 e. The van der Waals surface area contributed by atoms with Crippen LogP contribution in [0.2, 0.25) is 0 Å². The zero-order chi connectivity index (χ0) is 12.8. The minimum atomic E-state index is 0.695. The predicted octanol–water partition coefficient (Wildman–Crippen LogP) is 2.96. The van der Waals surface area contributed by atoms with Crippen LogP contribution in [0.3, 0.4) is 0 Å².